The predicted octanol–water partition coefficient (Wildman–Crippen LogP) is 2.09. The molecule has 150 valence electrons. The molecule has 8 heteroatoms. The highest BCUT2D eigenvalue weighted by Crippen LogP contribution is 2.32. The first kappa shape index (κ1) is 18.7. The van der Waals surface area contributed by atoms with Crippen LogP contribution in [0.2, 0.25) is 0 Å². The van der Waals surface area contributed by atoms with Crippen molar-refractivity contribution in [2.24, 2.45) is 0 Å². The second-order valence-corrected chi connectivity index (χ2v) is 8.75. The van der Waals surface area contributed by atoms with Gasteiger partial charge in [-0.25, -0.2) is 9.97 Å². The number of hydrogen-bond acceptors (Lipinski definition) is 5. The Bertz CT molecular complexity index is 1110. The van der Waals surface area contributed by atoms with Crippen molar-refractivity contribution in [2.45, 2.75) is 38.0 Å². The van der Waals surface area contributed by atoms with Crippen LogP contribution >= 0.6 is 15.9 Å². The molecule has 7 nitrogen and oxygen atoms in total. The van der Waals surface area contributed by atoms with Gasteiger partial charge in [-0.3, -0.25) is 4.79 Å². The van der Waals surface area contributed by atoms with Gasteiger partial charge in [0.1, 0.15) is 10.3 Å². The number of piperidine rings is 1. The van der Waals surface area contributed by atoms with Gasteiger partial charge in [0.25, 0.3) is 5.91 Å². The van der Waals surface area contributed by atoms with Crippen LogP contribution < -0.4 is 5.32 Å². The summed E-state index contributed by atoms with van der Waals surface area (Å²) in [6, 6.07) is 8.34. The zero-order valence-electron chi connectivity index (χ0n) is 16.1. The molecule has 2 aromatic heterocycles. The fourth-order valence-electron chi connectivity index (χ4n) is 4.49. The lowest BCUT2D eigenvalue weighted by molar-refractivity contribution is -0.0140. The summed E-state index contributed by atoms with van der Waals surface area (Å²) in [6.07, 6.45) is 4.40. The van der Waals surface area contributed by atoms with Gasteiger partial charge in [-0.05, 0) is 46.8 Å². The topological polar surface area (TPSA) is 82.8 Å². The smallest absolute Gasteiger partial charge is 0.274 e. The molecule has 1 aromatic carbocycles. The van der Waals surface area contributed by atoms with Gasteiger partial charge in [0.05, 0.1) is 17.3 Å². The number of halogens is 1. The number of β-amino-alcohol motifs (C(OH)–C–C–N with tert-alkyl or cyclic N) is 1. The van der Waals surface area contributed by atoms with Gasteiger partial charge in [-0.1, -0.05) is 24.3 Å². The lowest BCUT2D eigenvalue weighted by atomic mass is 9.76. The third-order valence-corrected chi connectivity index (χ3v) is 6.67. The lowest BCUT2D eigenvalue weighted by Gasteiger charge is -2.48. The van der Waals surface area contributed by atoms with E-state index in [0.29, 0.717) is 35.5 Å². The van der Waals surface area contributed by atoms with Gasteiger partial charge in [0.15, 0.2) is 5.65 Å². The van der Waals surface area contributed by atoms with Crippen molar-refractivity contribution in [2.75, 3.05) is 13.1 Å². The summed E-state index contributed by atoms with van der Waals surface area (Å²) in [5.41, 5.74) is 3.98. The number of benzene rings is 1. The number of imidazole rings is 1. The molecule has 5 rings (SSSR count). The second kappa shape index (κ2) is 6.90. The Kier molecular flexibility index (Phi) is 4.45. The number of aliphatic hydroxyl groups is 1. The molecule has 2 aliphatic heterocycles. The van der Waals surface area contributed by atoms with Crippen LogP contribution in [0.3, 0.4) is 0 Å². The van der Waals surface area contributed by atoms with Gasteiger partial charge in [-0.2, -0.15) is 0 Å². The molecule has 1 spiro atoms. The summed E-state index contributed by atoms with van der Waals surface area (Å²) in [6.45, 7) is 3.51. The van der Waals surface area contributed by atoms with E-state index in [-0.39, 0.29) is 11.4 Å². The van der Waals surface area contributed by atoms with Crippen LogP contribution in [0.25, 0.3) is 5.65 Å². The Morgan fingerprint density at radius 1 is 1.28 bits per heavy atom. The molecule has 2 unspecified atom stereocenters. The number of fused-ring (bicyclic) bond motifs is 2. The Balaban J connectivity index is 1.36. The van der Waals surface area contributed by atoms with E-state index < -0.39 is 6.10 Å². The zero-order chi connectivity index (χ0) is 20.2. The monoisotopic (exact) mass is 455 g/mol. The van der Waals surface area contributed by atoms with Gasteiger partial charge in [0, 0.05) is 32.0 Å². The SMILES string of the molecule is Cc1cn2cc(C(=O)N3CCC4(Cc5ccccc5CN4)C(O)C3)nc2c(Br)n1. The first-order valence-corrected chi connectivity index (χ1v) is 10.6. The number of nitrogens with zero attached hydrogens (tertiary/aromatic N) is 4. The number of hydrogen-bond donors (Lipinski definition) is 2. The normalized spacial score (nSPS) is 24.1. The van der Waals surface area contributed by atoms with Crippen molar-refractivity contribution >= 4 is 27.5 Å². The standard InChI is InChI=1S/C21H22BrN5O2/c1-13-10-27-11-16(25-19(27)18(22)24-13)20(29)26-7-6-21(17(28)12-26)8-14-4-2-3-5-15(14)9-23-21/h2-5,10-11,17,23,28H,6-9,12H2,1H3. The van der Waals surface area contributed by atoms with Gasteiger partial charge in [-0.15, -0.1) is 0 Å². The van der Waals surface area contributed by atoms with Crippen molar-refractivity contribution in [1.82, 2.24) is 24.6 Å². The summed E-state index contributed by atoms with van der Waals surface area (Å²) >= 11 is 3.41. The molecule has 1 saturated heterocycles. The number of aryl methyl sites for hydroxylation is 1. The van der Waals surface area contributed by atoms with Crippen LogP contribution in [0.5, 0.6) is 0 Å². The van der Waals surface area contributed by atoms with E-state index in [9.17, 15) is 9.90 Å². The van der Waals surface area contributed by atoms with Crippen molar-refractivity contribution in [1.29, 1.82) is 0 Å². The molecule has 1 amide bonds. The van der Waals surface area contributed by atoms with Crippen molar-refractivity contribution in [3.8, 4) is 0 Å². The third kappa shape index (κ3) is 3.15. The molecule has 0 bridgehead atoms. The van der Waals surface area contributed by atoms with Gasteiger partial charge in [0.2, 0.25) is 0 Å². The Hall–Kier alpha value is -2.29. The number of nitrogens with one attached hydrogen (secondary N) is 1. The Labute approximate surface area is 176 Å². The summed E-state index contributed by atoms with van der Waals surface area (Å²) in [5.74, 6) is -0.164. The summed E-state index contributed by atoms with van der Waals surface area (Å²) in [7, 11) is 0. The maximum atomic E-state index is 13.1. The fraction of sp³-hybridized carbons (Fsp3) is 0.381. The van der Waals surface area contributed by atoms with Crippen molar-refractivity contribution in [3.05, 3.63) is 63.8 Å². The molecule has 0 radical (unpaired) electrons. The highest BCUT2D eigenvalue weighted by Gasteiger charge is 2.45. The van der Waals surface area contributed by atoms with Crippen LogP contribution in [0, 0.1) is 6.92 Å². The van der Waals surface area contributed by atoms with E-state index in [0.717, 1.165) is 18.7 Å². The molecule has 1 fully saturated rings. The molecule has 0 aliphatic carbocycles. The molecular formula is C21H22BrN5O2. The second-order valence-electron chi connectivity index (χ2n) is 8.00. The highest BCUT2D eigenvalue weighted by atomic mass is 79.9. The van der Waals surface area contributed by atoms with E-state index in [1.165, 1.54) is 11.1 Å². The quantitative estimate of drug-likeness (QED) is 0.586. The highest BCUT2D eigenvalue weighted by molar-refractivity contribution is 9.10. The van der Waals surface area contributed by atoms with Crippen LogP contribution in [-0.2, 0) is 13.0 Å². The predicted molar refractivity (Wildman–Crippen MR) is 112 cm³/mol. The maximum Gasteiger partial charge on any atom is 0.274 e. The van der Waals surface area contributed by atoms with Gasteiger partial charge < -0.3 is 19.7 Å². The molecule has 4 heterocycles. The molecule has 0 saturated carbocycles. The summed E-state index contributed by atoms with van der Waals surface area (Å²) < 4.78 is 2.42. The first-order valence-electron chi connectivity index (χ1n) is 9.76. The number of carbonyl (C=O) groups excluding carboxylic acids is 1. The number of carbonyl (C=O) groups is 1. The van der Waals surface area contributed by atoms with Crippen molar-refractivity contribution in [3.63, 3.8) is 0 Å². The average Bonchev–Trinajstić information content (AvgIpc) is 3.14. The number of aromatic nitrogens is 3. The Morgan fingerprint density at radius 2 is 2.07 bits per heavy atom. The van der Waals surface area contributed by atoms with Crippen LogP contribution in [0.1, 0.15) is 33.7 Å². The number of amides is 1. The van der Waals surface area contributed by atoms with Crippen molar-refractivity contribution < 1.29 is 9.90 Å². The summed E-state index contributed by atoms with van der Waals surface area (Å²) in [5, 5.41) is 14.5. The van der Waals surface area contributed by atoms with Crippen LogP contribution in [-0.4, -0.2) is 55.0 Å². The summed E-state index contributed by atoms with van der Waals surface area (Å²) in [4.78, 5) is 23.6. The van der Waals surface area contributed by atoms with Gasteiger partial charge >= 0.3 is 0 Å². The van der Waals surface area contributed by atoms with E-state index >= 15 is 0 Å². The van der Waals surface area contributed by atoms with Crippen LogP contribution in [0.15, 0.2) is 41.3 Å². The average molecular weight is 456 g/mol. The minimum atomic E-state index is -0.638. The number of aliphatic hydroxyl groups excluding tert-OH is 1. The minimum absolute atomic E-state index is 0.164. The Morgan fingerprint density at radius 3 is 2.86 bits per heavy atom. The van der Waals surface area contributed by atoms with Crippen LogP contribution in [0.4, 0.5) is 0 Å². The third-order valence-electron chi connectivity index (χ3n) is 6.14. The zero-order valence-corrected chi connectivity index (χ0v) is 17.7. The number of likely N-dealkylation sites (tertiary alicyclic amines) is 1. The molecule has 29 heavy (non-hydrogen) atoms. The van der Waals surface area contributed by atoms with E-state index in [1.54, 1.807) is 15.5 Å². The maximum absolute atomic E-state index is 13.1. The molecule has 2 atom stereocenters. The molecule has 3 aromatic rings. The first-order chi connectivity index (χ1) is 13.9. The molecule has 2 aliphatic rings. The fourth-order valence-corrected chi connectivity index (χ4v) is 5.07. The lowest BCUT2D eigenvalue weighted by Crippen LogP contribution is -2.65. The molecular weight excluding hydrogens is 434 g/mol. The van der Waals surface area contributed by atoms with E-state index in [2.05, 4.69) is 43.3 Å². The molecule has 2 N–H and O–H groups in total. The van der Waals surface area contributed by atoms with E-state index in [1.807, 2.05) is 25.3 Å². The largest absolute Gasteiger partial charge is 0.389 e. The van der Waals surface area contributed by atoms with E-state index in [4.69, 9.17) is 0 Å². The number of rotatable bonds is 1. The minimum Gasteiger partial charge on any atom is -0.389 e.